The lowest BCUT2D eigenvalue weighted by atomic mass is 10.1. The Morgan fingerprint density at radius 2 is 2.29 bits per heavy atom. The van der Waals surface area contributed by atoms with Gasteiger partial charge in [-0.1, -0.05) is 6.92 Å². The van der Waals surface area contributed by atoms with Crippen LogP contribution in [-0.2, 0) is 9.53 Å². The fourth-order valence-electron chi connectivity index (χ4n) is 1.45. The highest BCUT2D eigenvalue weighted by atomic mass is 32.2. The Kier molecular flexibility index (Phi) is 5.58. The van der Waals surface area contributed by atoms with Crippen LogP contribution in [0.1, 0.15) is 30.1 Å². The van der Waals surface area contributed by atoms with Crippen molar-refractivity contribution in [2.75, 3.05) is 12.9 Å². The van der Waals surface area contributed by atoms with E-state index in [1.807, 2.05) is 26.0 Å². The molecule has 0 spiro atoms. The smallest absolute Gasteiger partial charge is 0.315 e. The van der Waals surface area contributed by atoms with Crippen LogP contribution in [0.2, 0.25) is 0 Å². The molecular weight excluding hydrogens is 238 g/mol. The van der Waals surface area contributed by atoms with Gasteiger partial charge in [-0.25, -0.2) is 0 Å². The number of rotatable bonds is 6. The van der Waals surface area contributed by atoms with E-state index in [1.165, 1.54) is 18.9 Å². The topological polar surface area (TPSA) is 65.5 Å². The minimum Gasteiger partial charge on any atom is -0.468 e. The third-order valence-electron chi connectivity index (χ3n) is 2.51. The van der Waals surface area contributed by atoms with Crippen molar-refractivity contribution in [3.8, 4) is 0 Å². The van der Waals surface area contributed by atoms with E-state index in [4.69, 9.17) is 10.2 Å². The number of furan rings is 1. The van der Waals surface area contributed by atoms with E-state index in [-0.39, 0.29) is 23.0 Å². The summed E-state index contributed by atoms with van der Waals surface area (Å²) < 4.78 is 10.2. The molecule has 2 N–H and O–H groups in total. The van der Waals surface area contributed by atoms with E-state index in [0.29, 0.717) is 0 Å². The summed E-state index contributed by atoms with van der Waals surface area (Å²) >= 11 is 1.46. The van der Waals surface area contributed by atoms with Crippen molar-refractivity contribution in [2.24, 2.45) is 5.73 Å². The molecule has 0 aliphatic rings. The van der Waals surface area contributed by atoms with Crippen LogP contribution in [0.4, 0.5) is 0 Å². The molecule has 5 heteroatoms. The Balaban J connectivity index is 2.70. The lowest BCUT2D eigenvalue weighted by Crippen LogP contribution is -2.26. The van der Waals surface area contributed by atoms with Gasteiger partial charge in [0.25, 0.3) is 0 Å². The fourth-order valence-corrected chi connectivity index (χ4v) is 2.62. The van der Waals surface area contributed by atoms with Crippen LogP contribution in [0.3, 0.4) is 0 Å². The number of nitrogens with two attached hydrogens (primary N) is 1. The molecule has 1 aromatic heterocycles. The monoisotopic (exact) mass is 257 g/mol. The van der Waals surface area contributed by atoms with E-state index in [9.17, 15) is 4.79 Å². The summed E-state index contributed by atoms with van der Waals surface area (Å²) in [6, 6.07) is 3.79. The Morgan fingerprint density at radius 3 is 2.76 bits per heavy atom. The highest BCUT2D eigenvalue weighted by Crippen LogP contribution is 2.33. The predicted octanol–water partition coefficient (Wildman–Crippen LogP) is 2.27. The van der Waals surface area contributed by atoms with Gasteiger partial charge in [-0.15, -0.1) is 11.8 Å². The maximum atomic E-state index is 11.1. The van der Waals surface area contributed by atoms with Gasteiger partial charge in [-0.2, -0.15) is 0 Å². The van der Waals surface area contributed by atoms with Gasteiger partial charge in [0.05, 0.1) is 18.1 Å². The Bertz CT molecular complexity index is 364. The summed E-state index contributed by atoms with van der Waals surface area (Å²) in [7, 11) is 1.38. The number of ether oxygens (including phenoxy) is 1. The standard InChI is InChI=1S/C12H19NO3S/c1-4-9(13)12(17-7-11(14)15-3)10-6-5-8(2)16-10/h5-6,9,12H,4,7,13H2,1-3H3. The van der Waals surface area contributed by atoms with E-state index >= 15 is 0 Å². The van der Waals surface area contributed by atoms with Gasteiger partial charge in [-0.05, 0) is 25.5 Å². The molecule has 0 aromatic carbocycles. The van der Waals surface area contributed by atoms with Gasteiger partial charge in [-0.3, -0.25) is 4.79 Å². The molecule has 2 unspecified atom stereocenters. The maximum absolute atomic E-state index is 11.1. The van der Waals surface area contributed by atoms with Crippen molar-refractivity contribution in [2.45, 2.75) is 31.6 Å². The first-order valence-electron chi connectivity index (χ1n) is 5.58. The van der Waals surface area contributed by atoms with E-state index in [0.717, 1.165) is 17.9 Å². The van der Waals surface area contributed by atoms with Gasteiger partial charge in [0.15, 0.2) is 0 Å². The lowest BCUT2D eigenvalue weighted by Gasteiger charge is -2.19. The van der Waals surface area contributed by atoms with Crippen LogP contribution >= 0.6 is 11.8 Å². The summed E-state index contributed by atoms with van der Waals surface area (Å²) in [6.45, 7) is 3.91. The summed E-state index contributed by atoms with van der Waals surface area (Å²) in [6.07, 6.45) is 0.832. The van der Waals surface area contributed by atoms with Crippen LogP contribution in [0.5, 0.6) is 0 Å². The number of aryl methyl sites for hydroxylation is 1. The second-order valence-electron chi connectivity index (χ2n) is 3.83. The third kappa shape index (κ3) is 4.09. The molecule has 4 nitrogen and oxygen atoms in total. The zero-order chi connectivity index (χ0) is 12.8. The van der Waals surface area contributed by atoms with E-state index in [2.05, 4.69) is 4.74 Å². The fraction of sp³-hybridized carbons (Fsp3) is 0.583. The molecule has 0 aliphatic carbocycles. The third-order valence-corrected chi connectivity index (χ3v) is 3.85. The maximum Gasteiger partial charge on any atom is 0.315 e. The van der Waals surface area contributed by atoms with E-state index in [1.54, 1.807) is 0 Å². The Labute approximate surface area is 106 Å². The molecule has 96 valence electrons. The van der Waals surface area contributed by atoms with Crippen molar-refractivity contribution < 1.29 is 13.9 Å². The Morgan fingerprint density at radius 1 is 1.59 bits per heavy atom. The van der Waals surface area contributed by atoms with Gasteiger partial charge < -0.3 is 14.9 Å². The van der Waals surface area contributed by atoms with Crippen LogP contribution < -0.4 is 5.73 Å². The van der Waals surface area contributed by atoms with E-state index < -0.39 is 0 Å². The summed E-state index contributed by atoms with van der Waals surface area (Å²) in [5.41, 5.74) is 6.05. The average molecular weight is 257 g/mol. The minimum absolute atomic E-state index is 0.00667. The van der Waals surface area contributed by atoms with Crippen molar-refractivity contribution in [1.82, 2.24) is 0 Å². The quantitative estimate of drug-likeness (QED) is 0.792. The van der Waals surface area contributed by atoms with Gasteiger partial charge in [0.2, 0.25) is 0 Å². The largest absolute Gasteiger partial charge is 0.468 e. The van der Waals surface area contributed by atoms with Crippen molar-refractivity contribution in [3.05, 3.63) is 23.7 Å². The normalized spacial score (nSPS) is 14.4. The van der Waals surface area contributed by atoms with Crippen molar-refractivity contribution in [1.29, 1.82) is 0 Å². The lowest BCUT2D eigenvalue weighted by molar-refractivity contribution is -0.137. The first kappa shape index (κ1) is 14.1. The first-order valence-corrected chi connectivity index (χ1v) is 6.63. The molecule has 0 fully saturated rings. The first-order chi connectivity index (χ1) is 8.08. The van der Waals surface area contributed by atoms with Crippen molar-refractivity contribution in [3.63, 3.8) is 0 Å². The molecule has 1 heterocycles. The number of hydrogen-bond donors (Lipinski definition) is 1. The molecule has 0 amide bonds. The summed E-state index contributed by atoms with van der Waals surface area (Å²) in [5, 5.41) is -0.00667. The van der Waals surface area contributed by atoms with Gasteiger partial charge >= 0.3 is 5.97 Å². The minimum atomic E-state index is -0.244. The predicted molar refractivity (Wildman–Crippen MR) is 68.9 cm³/mol. The molecule has 0 radical (unpaired) electrons. The van der Waals surface area contributed by atoms with Gasteiger partial charge in [0.1, 0.15) is 11.5 Å². The number of carbonyl (C=O) groups is 1. The molecule has 2 atom stereocenters. The molecule has 0 aliphatic heterocycles. The highest BCUT2D eigenvalue weighted by molar-refractivity contribution is 8.00. The highest BCUT2D eigenvalue weighted by Gasteiger charge is 2.23. The molecule has 1 aromatic rings. The second kappa shape index (κ2) is 6.71. The van der Waals surface area contributed by atoms with Crippen LogP contribution in [0.25, 0.3) is 0 Å². The molecule has 0 saturated carbocycles. The molecule has 1 rings (SSSR count). The Hall–Kier alpha value is -0.940. The van der Waals surface area contributed by atoms with Crippen LogP contribution in [0.15, 0.2) is 16.5 Å². The summed E-state index contributed by atoms with van der Waals surface area (Å²) in [4.78, 5) is 11.1. The van der Waals surface area contributed by atoms with Gasteiger partial charge in [0, 0.05) is 6.04 Å². The second-order valence-corrected chi connectivity index (χ2v) is 4.96. The molecule has 0 saturated heterocycles. The number of carbonyl (C=O) groups excluding carboxylic acids is 1. The zero-order valence-electron chi connectivity index (χ0n) is 10.4. The summed E-state index contributed by atoms with van der Waals surface area (Å²) in [5.74, 6) is 1.72. The molecule has 17 heavy (non-hydrogen) atoms. The molecular formula is C12H19NO3S. The molecule has 0 bridgehead atoms. The average Bonchev–Trinajstić information content (AvgIpc) is 2.75. The number of esters is 1. The van der Waals surface area contributed by atoms with Crippen LogP contribution in [-0.4, -0.2) is 24.9 Å². The zero-order valence-corrected chi connectivity index (χ0v) is 11.3. The van der Waals surface area contributed by atoms with Crippen LogP contribution in [0, 0.1) is 6.92 Å². The number of thioether (sulfide) groups is 1. The SMILES string of the molecule is CCC(N)C(SCC(=O)OC)c1ccc(C)o1. The van der Waals surface area contributed by atoms with Crippen molar-refractivity contribution >= 4 is 17.7 Å². The number of methoxy groups -OCH3 is 1. The number of hydrogen-bond acceptors (Lipinski definition) is 5.